The lowest BCUT2D eigenvalue weighted by atomic mass is 10.0. The molecule has 0 saturated heterocycles. The first kappa shape index (κ1) is 56.4. The number of ether oxygens (including phenoxy) is 1. The summed E-state index contributed by atoms with van der Waals surface area (Å²) in [6.45, 7) is 6.57. The summed E-state index contributed by atoms with van der Waals surface area (Å²) in [7, 11) is 0. The van der Waals surface area contributed by atoms with Crippen LogP contribution in [0.5, 0.6) is 5.75 Å². The molecule has 0 saturated carbocycles. The first-order valence-electron chi connectivity index (χ1n) is 26.7. The molecule has 1 aromatic heterocycles. The van der Waals surface area contributed by atoms with Gasteiger partial charge in [0.05, 0.1) is 6.61 Å². The van der Waals surface area contributed by atoms with E-state index < -0.39 is 0 Å². The van der Waals surface area contributed by atoms with Crippen molar-refractivity contribution in [2.75, 3.05) is 6.61 Å². The van der Waals surface area contributed by atoms with Crippen LogP contribution in [0.15, 0.2) is 48.8 Å². The van der Waals surface area contributed by atoms with Gasteiger partial charge in [-0.15, -0.1) is 0 Å². The van der Waals surface area contributed by atoms with E-state index in [9.17, 15) is 0 Å². The summed E-state index contributed by atoms with van der Waals surface area (Å²) in [5, 5.41) is 0. The number of nitrogens with zero attached hydrogens (tertiary/aromatic N) is 1. The minimum absolute atomic E-state index is 0. The number of hydrogen-bond acceptors (Lipinski definition) is 1. The molecule has 1 heterocycles. The lowest BCUT2D eigenvalue weighted by Gasteiger charge is -2.07. The van der Waals surface area contributed by atoms with E-state index in [-0.39, 0.29) is 17.0 Å². The molecule has 1 aromatic carbocycles. The Morgan fingerprint density at radius 1 is 0.333 bits per heavy atom. The number of aryl methyl sites for hydroxylation is 1. The summed E-state index contributed by atoms with van der Waals surface area (Å²) in [6.07, 6.45) is 66.0. The van der Waals surface area contributed by atoms with Gasteiger partial charge in [0.2, 0.25) is 0 Å². The molecule has 346 valence electrons. The Balaban J connectivity index is 0.0000180. The zero-order valence-electron chi connectivity index (χ0n) is 40.2. The van der Waals surface area contributed by atoms with Crippen molar-refractivity contribution in [3.05, 3.63) is 59.9 Å². The Kier molecular flexibility index (Phi) is 42.7. The molecule has 2 aromatic rings. The highest BCUT2D eigenvalue weighted by molar-refractivity contribution is 5.69. The molecule has 0 amide bonds. The molecule has 0 aliphatic carbocycles. The molecule has 0 atom stereocenters. The van der Waals surface area contributed by atoms with Crippen LogP contribution in [0.3, 0.4) is 0 Å². The summed E-state index contributed by atoms with van der Waals surface area (Å²) in [5.41, 5.74) is 2.47. The predicted molar refractivity (Wildman–Crippen MR) is 264 cm³/mol. The van der Waals surface area contributed by atoms with Crippen molar-refractivity contribution in [1.29, 1.82) is 0 Å². The molecule has 0 radical (unpaired) electrons. The number of aromatic nitrogens is 1. The monoisotopic (exact) mass is 894 g/mol. The highest BCUT2D eigenvalue weighted by Gasteiger charge is 2.02. The summed E-state index contributed by atoms with van der Waals surface area (Å²) >= 11 is 0. The molecule has 0 unspecified atom stereocenters. The number of pyridine rings is 1. The minimum atomic E-state index is 0. The number of halogens is 1. The van der Waals surface area contributed by atoms with Gasteiger partial charge in [-0.25, -0.2) is 4.57 Å². The average Bonchev–Trinajstić information content (AvgIpc) is 3.26. The molecule has 2 nitrogen and oxygen atoms in total. The highest BCUT2D eigenvalue weighted by atomic mass is 79.9. The van der Waals surface area contributed by atoms with Crippen LogP contribution in [0, 0.1) is 0 Å². The van der Waals surface area contributed by atoms with Crippen LogP contribution < -0.4 is 26.3 Å². The molecule has 0 bridgehead atoms. The van der Waals surface area contributed by atoms with Crippen LogP contribution in [0.25, 0.3) is 12.2 Å². The molecular weight excluding hydrogens is 795 g/mol. The lowest BCUT2D eigenvalue weighted by molar-refractivity contribution is -0.697. The van der Waals surface area contributed by atoms with Gasteiger partial charge in [0.15, 0.2) is 12.4 Å². The van der Waals surface area contributed by atoms with E-state index in [2.05, 4.69) is 79.4 Å². The van der Waals surface area contributed by atoms with Crippen LogP contribution in [-0.4, -0.2) is 6.61 Å². The maximum absolute atomic E-state index is 6.05. The first-order chi connectivity index (χ1) is 29.3. The van der Waals surface area contributed by atoms with Gasteiger partial charge < -0.3 is 21.7 Å². The molecule has 3 heteroatoms. The Hall–Kier alpha value is -1.61. The van der Waals surface area contributed by atoms with Crippen molar-refractivity contribution in [2.45, 2.75) is 277 Å². The lowest BCUT2D eigenvalue weighted by Crippen LogP contribution is -3.00. The molecule has 2 rings (SSSR count). The Morgan fingerprint density at radius 3 is 0.917 bits per heavy atom. The summed E-state index contributed by atoms with van der Waals surface area (Å²) in [5.74, 6) is 0.991. The maximum Gasteiger partial charge on any atom is 0.169 e. The SMILES string of the molecule is CCCCCCCCCCCCCCCCCCCCCCOc1ccc(/C=C/c2cc[n+](CCCCCCCCCCCCCCCCCCCCCC)cc2)cc1.[Br-]. The van der Waals surface area contributed by atoms with Gasteiger partial charge in [-0.2, -0.15) is 0 Å². The smallest absolute Gasteiger partial charge is 0.169 e. The fourth-order valence-electron chi connectivity index (χ4n) is 8.69. The van der Waals surface area contributed by atoms with Crippen molar-refractivity contribution < 1.29 is 26.3 Å². The molecule has 0 aliphatic rings. The van der Waals surface area contributed by atoms with Gasteiger partial charge in [-0.3, -0.25) is 0 Å². The Morgan fingerprint density at radius 2 is 0.600 bits per heavy atom. The third kappa shape index (κ3) is 37.0. The normalized spacial score (nSPS) is 11.4. The standard InChI is InChI=1S/C57H100NO.BrH/c1-3-5-7-9-11-13-15-17-19-21-23-25-27-29-31-33-35-37-39-41-51-58-52-49-56(50-53-58)44-43-55-45-47-57(48-46-55)59-54-42-40-38-36-34-32-30-28-26-24-22-20-18-16-14-12-10-8-6-4-2;/h43-50,52-53H,3-42,51,54H2,1-2H3;1H/q+1;/p-1/b44-43+;. The molecule has 0 fully saturated rings. The molecule has 0 spiro atoms. The molecule has 0 aliphatic heterocycles. The second-order valence-corrected chi connectivity index (χ2v) is 18.6. The third-order valence-electron chi connectivity index (χ3n) is 12.8. The zero-order valence-corrected chi connectivity index (χ0v) is 41.8. The highest BCUT2D eigenvalue weighted by Crippen LogP contribution is 2.18. The first-order valence-corrected chi connectivity index (χ1v) is 26.7. The largest absolute Gasteiger partial charge is 1.00 e. The third-order valence-corrected chi connectivity index (χ3v) is 12.8. The average molecular weight is 895 g/mol. The van der Waals surface area contributed by atoms with Gasteiger partial charge in [0.1, 0.15) is 12.3 Å². The molecular formula is C57H100BrNO. The van der Waals surface area contributed by atoms with Gasteiger partial charge in [-0.05, 0) is 36.1 Å². The maximum atomic E-state index is 6.05. The van der Waals surface area contributed by atoms with Crippen LogP contribution >= 0.6 is 0 Å². The Labute approximate surface area is 386 Å². The summed E-state index contributed by atoms with van der Waals surface area (Å²) in [4.78, 5) is 0. The van der Waals surface area contributed by atoms with Gasteiger partial charge in [-0.1, -0.05) is 276 Å². The summed E-state index contributed by atoms with van der Waals surface area (Å²) in [6, 6.07) is 13.1. The topological polar surface area (TPSA) is 13.1 Å². The van der Waals surface area contributed by atoms with Crippen LogP contribution in [0.4, 0.5) is 0 Å². The second kappa shape index (κ2) is 45.4. The minimum Gasteiger partial charge on any atom is -1.00 e. The van der Waals surface area contributed by atoms with Gasteiger partial charge in [0.25, 0.3) is 0 Å². The van der Waals surface area contributed by atoms with Crippen LogP contribution in [0.2, 0.25) is 0 Å². The number of benzene rings is 1. The van der Waals surface area contributed by atoms with E-state index in [1.807, 2.05) is 0 Å². The number of unbranched alkanes of at least 4 members (excludes halogenated alkanes) is 38. The number of rotatable bonds is 45. The van der Waals surface area contributed by atoms with E-state index in [0.29, 0.717) is 0 Å². The second-order valence-electron chi connectivity index (χ2n) is 18.6. The van der Waals surface area contributed by atoms with Crippen molar-refractivity contribution in [2.24, 2.45) is 0 Å². The fourth-order valence-corrected chi connectivity index (χ4v) is 8.69. The van der Waals surface area contributed by atoms with Crippen LogP contribution in [-0.2, 0) is 6.54 Å². The fraction of sp³-hybridized carbons (Fsp3) is 0.772. The summed E-state index contributed by atoms with van der Waals surface area (Å²) < 4.78 is 8.40. The molecule has 60 heavy (non-hydrogen) atoms. The van der Waals surface area contributed by atoms with Crippen LogP contribution in [0.1, 0.15) is 282 Å². The van der Waals surface area contributed by atoms with E-state index >= 15 is 0 Å². The quantitative estimate of drug-likeness (QED) is 0.0477. The number of hydrogen-bond donors (Lipinski definition) is 0. The van der Waals surface area contributed by atoms with Crippen molar-refractivity contribution in [3.8, 4) is 5.75 Å². The van der Waals surface area contributed by atoms with E-state index in [0.717, 1.165) is 25.3 Å². The van der Waals surface area contributed by atoms with E-state index in [1.54, 1.807) is 0 Å². The predicted octanol–water partition coefficient (Wildman–Crippen LogP) is 16.2. The van der Waals surface area contributed by atoms with Crippen molar-refractivity contribution in [3.63, 3.8) is 0 Å². The molecule has 0 N–H and O–H groups in total. The van der Waals surface area contributed by atoms with Crippen molar-refractivity contribution in [1.82, 2.24) is 0 Å². The zero-order chi connectivity index (χ0) is 41.8. The van der Waals surface area contributed by atoms with E-state index in [1.165, 1.54) is 262 Å². The van der Waals surface area contributed by atoms with Gasteiger partial charge in [0, 0.05) is 18.6 Å². The van der Waals surface area contributed by atoms with E-state index in [4.69, 9.17) is 4.74 Å². The van der Waals surface area contributed by atoms with Crippen molar-refractivity contribution >= 4 is 12.2 Å². The Bertz CT molecular complexity index is 1140. The van der Waals surface area contributed by atoms with Gasteiger partial charge >= 0.3 is 0 Å².